The Morgan fingerprint density at radius 3 is 2.50 bits per heavy atom. The standard InChI is InChI=1S/C14H16O2/c1-14(16-2)9-8-12(10-13(14)15)11-6-4-3-5-7-11/h3-10,12,15H,1-2H3. The number of ether oxygens (including phenoxy) is 1. The zero-order valence-corrected chi connectivity index (χ0v) is 9.55. The SMILES string of the molecule is COC1(C)C=CC(c2ccccc2)C=C1O. The minimum atomic E-state index is -0.675. The molecule has 0 heterocycles. The van der Waals surface area contributed by atoms with E-state index < -0.39 is 5.60 Å². The summed E-state index contributed by atoms with van der Waals surface area (Å²) in [5, 5.41) is 9.94. The van der Waals surface area contributed by atoms with Gasteiger partial charge in [-0.3, -0.25) is 0 Å². The van der Waals surface area contributed by atoms with Crippen molar-refractivity contribution < 1.29 is 9.84 Å². The Kier molecular flexibility index (Phi) is 2.84. The molecule has 0 aromatic heterocycles. The predicted molar refractivity (Wildman–Crippen MR) is 64.4 cm³/mol. The quantitative estimate of drug-likeness (QED) is 0.769. The average Bonchev–Trinajstić information content (AvgIpc) is 2.34. The lowest BCUT2D eigenvalue weighted by Crippen LogP contribution is -2.29. The van der Waals surface area contributed by atoms with E-state index in [4.69, 9.17) is 4.74 Å². The molecule has 0 saturated heterocycles. The van der Waals surface area contributed by atoms with Gasteiger partial charge in [-0.25, -0.2) is 0 Å². The Morgan fingerprint density at radius 1 is 1.25 bits per heavy atom. The monoisotopic (exact) mass is 216 g/mol. The Bertz CT molecular complexity index is 420. The van der Waals surface area contributed by atoms with Crippen LogP contribution in [-0.2, 0) is 4.74 Å². The van der Waals surface area contributed by atoms with Crippen molar-refractivity contribution in [2.45, 2.75) is 18.4 Å². The molecule has 0 spiro atoms. The lowest BCUT2D eigenvalue weighted by Gasteiger charge is -2.28. The molecule has 0 aliphatic heterocycles. The molecule has 1 N–H and O–H groups in total. The highest BCUT2D eigenvalue weighted by Gasteiger charge is 2.29. The van der Waals surface area contributed by atoms with Crippen LogP contribution in [0.2, 0.25) is 0 Å². The molecule has 2 heteroatoms. The molecule has 2 unspecified atom stereocenters. The van der Waals surface area contributed by atoms with Gasteiger partial charge in [-0.2, -0.15) is 0 Å². The summed E-state index contributed by atoms with van der Waals surface area (Å²) in [5.74, 6) is 0.399. The second-order valence-electron chi connectivity index (χ2n) is 4.16. The third kappa shape index (κ3) is 1.89. The van der Waals surface area contributed by atoms with E-state index >= 15 is 0 Å². The number of rotatable bonds is 2. The second kappa shape index (κ2) is 4.14. The van der Waals surface area contributed by atoms with Crippen LogP contribution in [0.5, 0.6) is 0 Å². The number of methoxy groups -OCH3 is 1. The first kappa shape index (κ1) is 11.0. The minimum Gasteiger partial charge on any atom is -0.509 e. The van der Waals surface area contributed by atoms with E-state index in [1.165, 1.54) is 5.56 Å². The largest absolute Gasteiger partial charge is 0.509 e. The van der Waals surface area contributed by atoms with Crippen LogP contribution in [0, 0.1) is 0 Å². The van der Waals surface area contributed by atoms with Crippen molar-refractivity contribution in [3.8, 4) is 0 Å². The molecule has 0 amide bonds. The highest BCUT2D eigenvalue weighted by Crippen LogP contribution is 2.31. The summed E-state index contributed by atoms with van der Waals surface area (Å²) in [7, 11) is 1.59. The van der Waals surface area contributed by atoms with Crippen molar-refractivity contribution in [1.29, 1.82) is 0 Å². The molecule has 84 valence electrons. The third-order valence-corrected chi connectivity index (χ3v) is 3.08. The molecule has 0 saturated carbocycles. The summed E-state index contributed by atoms with van der Waals surface area (Å²) < 4.78 is 5.27. The maximum atomic E-state index is 9.94. The van der Waals surface area contributed by atoms with Gasteiger partial charge in [0.2, 0.25) is 0 Å². The van der Waals surface area contributed by atoms with Crippen molar-refractivity contribution in [3.05, 3.63) is 59.9 Å². The van der Waals surface area contributed by atoms with Crippen molar-refractivity contribution in [3.63, 3.8) is 0 Å². The van der Waals surface area contributed by atoms with E-state index in [9.17, 15) is 5.11 Å². The van der Waals surface area contributed by atoms with Gasteiger partial charge in [-0.15, -0.1) is 0 Å². The molecule has 16 heavy (non-hydrogen) atoms. The molecule has 1 aromatic rings. The van der Waals surface area contributed by atoms with E-state index in [2.05, 4.69) is 6.08 Å². The zero-order valence-electron chi connectivity index (χ0n) is 9.55. The van der Waals surface area contributed by atoms with E-state index in [1.807, 2.05) is 49.4 Å². The summed E-state index contributed by atoms with van der Waals surface area (Å²) >= 11 is 0. The maximum absolute atomic E-state index is 9.94. The minimum absolute atomic E-state index is 0.129. The molecule has 0 fully saturated rings. The van der Waals surface area contributed by atoms with Gasteiger partial charge in [0.25, 0.3) is 0 Å². The van der Waals surface area contributed by atoms with Crippen molar-refractivity contribution in [2.24, 2.45) is 0 Å². The van der Waals surface area contributed by atoms with Gasteiger partial charge in [0.1, 0.15) is 11.4 Å². The normalized spacial score (nSPS) is 28.9. The van der Waals surface area contributed by atoms with Gasteiger partial charge < -0.3 is 9.84 Å². The highest BCUT2D eigenvalue weighted by molar-refractivity contribution is 5.36. The maximum Gasteiger partial charge on any atom is 0.139 e. The molecule has 0 radical (unpaired) electrons. The lowest BCUT2D eigenvalue weighted by molar-refractivity contribution is 0.0415. The Balaban J connectivity index is 2.28. The van der Waals surface area contributed by atoms with Gasteiger partial charge in [-0.05, 0) is 24.6 Å². The molecular formula is C14H16O2. The van der Waals surface area contributed by atoms with Crippen molar-refractivity contribution in [2.75, 3.05) is 7.11 Å². The number of benzene rings is 1. The lowest BCUT2D eigenvalue weighted by atomic mass is 9.88. The zero-order chi connectivity index (χ0) is 11.6. The number of hydrogen-bond donors (Lipinski definition) is 1. The number of aliphatic hydroxyl groups excluding tert-OH is 1. The van der Waals surface area contributed by atoms with Gasteiger partial charge >= 0.3 is 0 Å². The molecule has 2 rings (SSSR count). The third-order valence-electron chi connectivity index (χ3n) is 3.08. The van der Waals surface area contributed by atoms with Crippen LogP contribution in [0.3, 0.4) is 0 Å². The Hall–Kier alpha value is -1.54. The fourth-order valence-electron chi connectivity index (χ4n) is 1.82. The summed E-state index contributed by atoms with van der Waals surface area (Å²) in [4.78, 5) is 0. The molecule has 1 aliphatic carbocycles. The fraction of sp³-hybridized carbons (Fsp3) is 0.286. The first-order valence-electron chi connectivity index (χ1n) is 5.36. The molecule has 2 atom stereocenters. The van der Waals surface area contributed by atoms with Crippen LogP contribution in [0.4, 0.5) is 0 Å². The van der Waals surface area contributed by atoms with E-state index in [0.717, 1.165) is 0 Å². The van der Waals surface area contributed by atoms with Gasteiger partial charge in [0.15, 0.2) is 0 Å². The van der Waals surface area contributed by atoms with Gasteiger partial charge in [0, 0.05) is 13.0 Å². The molecule has 1 aromatic carbocycles. The predicted octanol–water partition coefficient (Wildman–Crippen LogP) is 3.19. The molecular weight excluding hydrogens is 200 g/mol. The molecule has 2 nitrogen and oxygen atoms in total. The average molecular weight is 216 g/mol. The first-order chi connectivity index (χ1) is 7.65. The van der Waals surface area contributed by atoms with Crippen LogP contribution in [-0.4, -0.2) is 17.8 Å². The van der Waals surface area contributed by atoms with Crippen LogP contribution in [0.15, 0.2) is 54.3 Å². The number of allylic oxidation sites excluding steroid dienone is 2. The van der Waals surface area contributed by atoms with Crippen molar-refractivity contribution in [1.82, 2.24) is 0 Å². The summed E-state index contributed by atoms with van der Waals surface area (Å²) in [6.45, 7) is 1.84. The summed E-state index contributed by atoms with van der Waals surface area (Å²) in [5.41, 5.74) is 0.495. The Morgan fingerprint density at radius 2 is 1.94 bits per heavy atom. The highest BCUT2D eigenvalue weighted by atomic mass is 16.5. The Labute approximate surface area is 95.9 Å². The topological polar surface area (TPSA) is 29.5 Å². The van der Waals surface area contributed by atoms with Crippen molar-refractivity contribution >= 4 is 0 Å². The van der Waals surface area contributed by atoms with Crippen LogP contribution in [0.25, 0.3) is 0 Å². The van der Waals surface area contributed by atoms with E-state index in [1.54, 1.807) is 7.11 Å². The summed E-state index contributed by atoms with van der Waals surface area (Å²) in [6.07, 6.45) is 5.79. The second-order valence-corrected chi connectivity index (χ2v) is 4.16. The summed E-state index contributed by atoms with van der Waals surface area (Å²) in [6, 6.07) is 10.1. The van der Waals surface area contributed by atoms with Crippen LogP contribution >= 0.6 is 0 Å². The first-order valence-corrected chi connectivity index (χ1v) is 5.36. The van der Waals surface area contributed by atoms with Gasteiger partial charge in [-0.1, -0.05) is 36.4 Å². The fourth-order valence-corrected chi connectivity index (χ4v) is 1.82. The molecule has 0 bridgehead atoms. The van der Waals surface area contributed by atoms with Gasteiger partial charge in [0.05, 0.1) is 0 Å². The van der Waals surface area contributed by atoms with E-state index in [0.29, 0.717) is 0 Å². The number of hydrogen-bond acceptors (Lipinski definition) is 2. The smallest absolute Gasteiger partial charge is 0.139 e. The van der Waals surface area contributed by atoms with Crippen LogP contribution < -0.4 is 0 Å². The molecule has 1 aliphatic rings. The number of aliphatic hydroxyl groups is 1. The van der Waals surface area contributed by atoms with E-state index in [-0.39, 0.29) is 11.7 Å². The van der Waals surface area contributed by atoms with Crippen LogP contribution in [0.1, 0.15) is 18.4 Å².